The average Bonchev–Trinajstić information content (AvgIpc) is 2.63. The lowest BCUT2D eigenvalue weighted by Gasteiger charge is -2.34. The van der Waals surface area contributed by atoms with E-state index in [9.17, 15) is 13.2 Å². The molecular formula is C18H20ClN3O3S. The zero-order chi connectivity index (χ0) is 18.7. The Kier molecular flexibility index (Phi) is 5.60. The van der Waals surface area contributed by atoms with Gasteiger partial charge in [-0.05, 0) is 30.3 Å². The number of pyridine rings is 1. The maximum absolute atomic E-state index is 12.7. The molecule has 0 aliphatic carbocycles. The topological polar surface area (TPSA) is 70.6 Å². The van der Waals surface area contributed by atoms with Gasteiger partial charge in [-0.15, -0.1) is 0 Å². The molecule has 0 spiro atoms. The molecule has 0 unspecified atom stereocenters. The fourth-order valence-corrected chi connectivity index (χ4v) is 3.75. The van der Waals surface area contributed by atoms with E-state index in [-0.39, 0.29) is 10.8 Å². The summed E-state index contributed by atoms with van der Waals surface area (Å²) in [6, 6.07) is 9.81. The fourth-order valence-electron chi connectivity index (χ4n) is 2.90. The van der Waals surface area contributed by atoms with Crippen LogP contribution in [0.25, 0.3) is 0 Å². The molecule has 1 aliphatic heterocycles. The van der Waals surface area contributed by atoms with E-state index in [0.717, 1.165) is 11.9 Å². The van der Waals surface area contributed by atoms with E-state index < -0.39 is 9.84 Å². The van der Waals surface area contributed by atoms with Crippen LogP contribution >= 0.6 is 11.6 Å². The number of sulfone groups is 1. The Labute approximate surface area is 158 Å². The second-order valence-corrected chi connectivity index (χ2v) is 8.72. The molecule has 0 bridgehead atoms. The van der Waals surface area contributed by atoms with Gasteiger partial charge in [-0.3, -0.25) is 14.7 Å². The van der Waals surface area contributed by atoms with Crippen molar-refractivity contribution in [3.63, 3.8) is 0 Å². The van der Waals surface area contributed by atoms with Gasteiger partial charge in [-0.1, -0.05) is 17.7 Å². The Balaban J connectivity index is 1.63. The Morgan fingerprint density at radius 2 is 1.88 bits per heavy atom. The zero-order valence-electron chi connectivity index (χ0n) is 14.4. The third-order valence-electron chi connectivity index (χ3n) is 4.38. The maximum atomic E-state index is 12.7. The molecule has 6 nitrogen and oxygen atoms in total. The highest BCUT2D eigenvalue weighted by molar-refractivity contribution is 7.90. The van der Waals surface area contributed by atoms with Gasteiger partial charge in [0.1, 0.15) is 0 Å². The number of halogens is 1. The van der Waals surface area contributed by atoms with Gasteiger partial charge >= 0.3 is 0 Å². The summed E-state index contributed by atoms with van der Waals surface area (Å²) in [5.74, 6) is -0.147. The number of hydrogen-bond donors (Lipinski definition) is 0. The normalized spacial score (nSPS) is 15.8. The smallest absolute Gasteiger partial charge is 0.253 e. The van der Waals surface area contributed by atoms with E-state index >= 15 is 0 Å². The SMILES string of the molecule is CS(=O)(=O)c1cccc(C(=O)N2CCN(Cc3ncccc3Cl)CC2)c1. The molecule has 8 heteroatoms. The Bertz CT molecular complexity index is 909. The molecule has 0 saturated carbocycles. The van der Waals surface area contributed by atoms with Crippen molar-refractivity contribution in [2.24, 2.45) is 0 Å². The van der Waals surface area contributed by atoms with Crippen molar-refractivity contribution in [1.29, 1.82) is 0 Å². The summed E-state index contributed by atoms with van der Waals surface area (Å²) in [6.45, 7) is 3.22. The lowest BCUT2D eigenvalue weighted by atomic mass is 10.2. The Hall–Kier alpha value is -1.96. The van der Waals surface area contributed by atoms with Gasteiger partial charge < -0.3 is 4.90 Å². The highest BCUT2D eigenvalue weighted by Gasteiger charge is 2.23. The van der Waals surface area contributed by atoms with Crippen LogP contribution in [0.2, 0.25) is 5.02 Å². The second kappa shape index (κ2) is 7.73. The van der Waals surface area contributed by atoms with Gasteiger partial charge in [-0.25, -0.2) is 8.42 Å². The number of carbonyl (C=O) groups excluding carboxylic acids is 1. The molecular weight excluding hydrogens is 374 g/mol. The van der Waals surface area contributed by atoms with Crippen LogP contribution in [0.5, 0.6) is 0 Å². The van der Waals surface area contributed by atoms with E-state index in [2.05, 4.69) is 9.88 Å². The van der Waals surface area contributed by atoms with Crippen LogP contribution in [-0.4, -0.2) is 61.5 Å². The lowest BCUT2D eigenvalue weighted by molar-refractivity contribution is 0.0627. The zero-order valence-corrected chi connectivity index (χ0v) is 16.0. The molecule has 1 saturated heterocycles. The number of piperazine rings is 1. The van der Waals surface area contributed by atoms with Crippen molar-refractivity contribution in [2.75, 3.05) is 32.4 Å². The monoisotopic (exact) mass is 393 g/mol. The highest BCUT2D eigenvalue weighted by atomic mass is 35.5. The van der Waals surface area contributed by atoms with Crippen molar-refractivity contribution >= 4 is 27.3 Å². The van der Waals surface area contributed by atoms with Gasteiger partial charge in [0.15, 0.2) is 9.84 Å². The van der Waals surface area contributed by atoms with E-state index in [1.807, 2.05) is 6.07 Å². The van der Waals surface area contributed by atoms with Crippen molar-refractivity contribution in [3.05, 3.63) is 58.9 Å². The third-order valence-corrected chi connectivity index (χ3v) is 5.83. The molecule has 1 aromatic heterocycles. The van der Waals surface area contributed by atoms with Crippen molar-refractivity contribution in [1.82, 2.24) is 14.8 Å². The first kappa shape index (κ1) is 18.8. The molecule has 2 aromatic rings. The van der Waals surface area contributed by atoms with Gasteiger partial charge in [0.05, 0.1) is 15.6 Å². The predicted molar refractivity (Wildman–Crippen MR) is 100.0 cm³/mol. The van der Waals surface area contributed by atoms with Crippen LogP contribution in [0.15, 0.2) is 47.5 Å². The lowest BCUT2D eigenvalue weighted by Crippen LogP contribution is -2.48. The molecule has 0 radical (unpaired) electrons. The number of nitrogens with zero attached hydrogens (tertiary/aromatic N) is 3. The number of amides is 1. The summed E-state index contributed by atoms with van der Waals surface area (Å²) in [5, 5.41) is 0.642. The van der Waals surface area contributed by atoms with Crippen LogP contribution in [0.1, 0.15) is 16.1 Å². The van der Waals surface area contributed by atoms with E-state index in [1.165, 1.54) is 12.1 Å². The number of carbonyl (C=O) groups is 1. The average molecular weight is 394 g/mol. The number of hydrogen-bond acceptors (Lipinski definition) is 5. The summed E-state index contributed by atoms with van der Waals surface area (Å²) in [4.78, 5) is 21.1. The summed E-state index contributed by atoms with van der Waals surface area (Å²) in [5.41, 5.74) is 1.23. The minimum absolute atomic E-state index is 0.147. The molecule has 2 heterocycles. The van der Waals surface area contributed by atoms with Crippen LogP contribution in [0.4, 0.5) is 0 Å². The van der Waals surface area contributed by atoms with E-state index in [4.69, 9.17) is 11.6 Å². The standard InChI is InChI=1S/C18H20ClN3O3S/c1-26(24,25)15-5-2-4-14(12-15)18(23)22-10-8-21(9-11-22)13-17-16(19)6-3-7-20-17/h2-7,12H,8-11,13H2,1H3. The molecule has 26 heavy (non-hydrogen) atoms. The van der Waals surface area contributed by atoms with E-state index in [0.29, 0.717) is 43.3 Å². The largest absolute Gasteiger partial charge is 0.336 e. The minimum atomic E-state index is -3.34. The van der Waals surface area contributed by atoms with Gasteiger partial charge in [0.2, 0.25) is 0 Å². The Morgan fingerprint density at radius 1 is 1.15 bits per heavy atom. The summed E-state index contributed by atoms with van der Waals surface area (Å²) >= 11 is 6.15. The van der Waals surface area contributed by atoms with Crippen molar-refractivity contribution < 1.29 is 13.2 Å². The molecule has 1 aromatic carbocycles. The summed E-state index contributed by atoms with van der Waals surface area (Å²) < 4.78 is 23.4. The molecule has 3 rings (SSSR count). The van der Waals surface area contributed by atoms with Crippen LogP contribution in [0, 0.1) is 0 Å². The first-order valence-electron chi connectivity index (χ1n) is 8.26. The van der Waals surface area contributed by atoms with Gasteiger partial charge in [0, 0.05) is 50.7 Å². The number of benzene rings is 1. The molecule has 138 valence electrons. The molecule has 0 atom stereocenters. The highest BCUT2D eigenvalue weighted by Crippen LogP contribution is 2.17. The molecule has 0 N–H and O–H groups in total. The maximum Gasteiger partial charge on any atom is 0.253 e. The quantitative estimate of drug-likeness (QED) is 0.795. The first-order chi connectivity index (χ1) is 12.3. The molecule has 1 aliphatic rings. The van der Waals surface area contributed by atoms with Crippen LogP contribution in [-0.2, 0) is 16.4 Å². The minimum Gasteiger partial charge on any atom is -0.336 e. The van der Waals surface area contributed by atoms with Gasteiger partial charge in [-0.2, -0.15) is 0 Å². The summed E-state index contributed by atoms with van der Waals surface area (Å²) in [6.07, 6.45) is 2.86. The van der Waals surface area contributed by atoms with Crippen LogP contribution < -0.4 is 0 Å². The van der Waals surface area contributed by atoms with Crippen molar-refractivity contribution in [3.8, 4) is 0 Å². The third kappa shape index (κ3) is 4.41. The van der Waals surface area contributed by atoms with E-state index in [1.54, 1.807) is 29.3 Å². The second-order valence-electron chi connectivity index (χ2n) is 6.30. The predicted octanol–water partition coefficient (Wildman–Crippen LogP) is 2.10. The molecule has 1 amide bonds. The van der Waals surface area contributed by atoms with Crippen molar-refractivity contribution in [2.45, 2.75) is 11.4 Å². The van der Waals surface area contributed by atoms with Gasteiger partial charge in [0.25, 0.3) is 5.91 Å². The fraction of sp³-hybridized carbons (Fsp3) is 0.333. The molecule has 1 fully saturated rings. The number of rotatable bonds is 4. The van der Waals surface area contributed by atoms with Crippen LogP contribution in [0.3, 0.4) is 0 Å². The number of aromatic nitrogens is 1. The summed E-state index contributed by atoms with van der Waals surface area (Å²) in [7, 11) is -3.34. The first-order valence-corrected chi connectivity index (χ1v) is 10.5. The Morgan fingerprint density at radius 3 is 2.54 bits per heavy atom.